The Hall–Kier alpha value is 0.390. The molecule has 0 aliphatic carbocycles. The highest BCUT2D eigenvalue weighted by Gasteiger charge is 2.29. The van der Waals surface area contributed by atoms with Gasteiger partial charge in [0.15, 0.2) is 0 Å². The highest BCUT2D eigenvalue weighted by Crippen LogP contribution is 2.32. The number of rotatable bonds is 8. The fourth-order valence-electron chi connectivity index (χ4n) is 2.31. The van der Waals surface area contributed by atoms with Crippen LogP contribution < -0.4 is 0 Å². The summed E-state index contributed by atoms with van der Waals surface area (Å²) in [5.74, 6) is 0.277. The van der Waals surface area contributed by atoms with Crippen LogP contribution in [0.3, 0.4) is 0 Å². The summed E-state index contributed by atoms with van der Waals surface area (Å²) in [5.41, 5.74) is 0.152. The lowest BCUT2D eigenvalue weighted by atomic mass is 9.88. The minimum atomic E-state index is 0.152. The molecule has 0 aromatic heterocycles. The molecular weight excluding hydrogens is 191 g/mol. The SMILES string of the molecule is CCCC(CCC)(CCC)OC(C)P. The van der Waals surface area contributed by atoms with Crippen molar-refractivity contribution in [2.24, 2.45) is 0 Å². The third-order valence-electron chi connectivity index (χ3n) is 2.55. The largest absolute Gasteiger partial charge is 0.368 e. The quantitative estimate of drug-likeness (QED) is 0.550. The summed E-state index contributed by atoms with van der Waals surface area (Å²) in [6.07, 6.45) is 7.26. The second-order valence-electron chi connectivity index (χ2n) is 4.26. The summed E-state index contributed by atoms with van der Waals surface area (Å²) < 4.78 is 6.12. The maximum atomic E-state index is 6.12. The van der Waals surface area contributed by atoms with Crippen LogP contribution in [0.4, 0.5) is 0 Å². The molecule has 1 nitrogen and oxygen atoms in total. The van der Waals surface area contributed by atoms with E-state index in [-0.39, 0.29) is 11.4 Å². The lowest BCUT2D eigenvalue weighted by molar-refractivity contribution is -0.0728. The average Bonchev–Trinajstić information content (AvgIpc) is 2.03. The first kappa shape index (κ1) is 14.4. The molecule has 0 radical (unpaired) electrons. The molecule has 86 valence electrons. The summed E-state index contributed by atoms with van der Waals surface area (Å²) in [5, 5.41) is 0. The first-order valence-corrected chi connectivity index (χ1v) is 6.70. The Kier molecular flexibility index (Phi) is 7.86. The van der Waals surface area contributed by atoms with Crippen molar-refractivity contribution in [2.45, 2.75) is 77.7 Å². The van der Waals surface area contributed by atoms with Crippen molar-refractivity contribution >= 4 is 9.24 Å². The van der Waals surface area contributed by atoms with Crippen molar-refractivity contribution in [3.63, 3.8) is 0 Å². The van der Waals surface area contributed by atoms with E-state index in [0.717, 1.165) is 0 Å². The highest BCUT2D eigenvalue weighted by molar-refractivity contribution is 7.17. The summed E-state index contributed by atoms with van der Waals surface area (Å²) in [7, 11) is 2.75. The van der Waals surface area contributed by atoms with Crippen LogP contribution >= 0.6 is 9.24 Å². The minimum Gasteiger partial charge on any atom is -0.368 e. The molecule has 0 aliphatic heterocycles. The van der Waals surface area contributed by atoms with Gasteiger partial charge in [-0.05, 0) is 26.2 Å². The zero-order valence-electron chi connectivity index (χ0n) is 10.3. The Labute approximate surface area is 92.2 Å². The standard InChI is InChI=1S/C12H27OP/c1-5-8-12(9-6-2,10-7-3)13-11(4)14/h11H,5-10,14H2,1-4H3. The van der Waals surface area contributed by atoms with Crippen molar-refractivity contribution < 1.29 is 4.74 Å². The van der Waals surface area contributed by atoms with Crippen LogP contribution in [0.5, 0.6) is 0 Å². The predicted octanol–water partition coefficient (Wildman–Crippen LogP) is 4.36. The predicted molar refractivity (Wildman–Crippen MR) is 67.7 cm³/mol. The first-order chi connectivity index (χ1) is 6.60. The van der Waals surface area contributed by atoms with Gasteiger partial charge in [-0.15, -0.1) is 9.24 Å². The Balaban J connectivity index is 4.37. The van der Waals surface area contributed by atoms with Crippen LogP contribution in [0.2, 0.25) is 0 Å². The first-order valence-electron chi connectivity index (χ1n) is 6.03. The average molecular weight is 218 g/mol. The van der Waals surface area contributed by atoms with E-state index in [1.165, 1.54) is 38.5 Å². The molecule has 0 bridgehead atoms. The fourth-order valence-corrected chi connectivity index (χ4v) is 2.60. The lowest BCUT2D eigenvalue weighted by Crippen LogP contribution is -2.34. The van der Waals surface area contributed by atoms with Gasteiger partial charge in [-0.2, -0.15) is 0 Å². The Morgan fingerprint density at radius 3 is 1.57 bits per heavy atom. The van der Waals surface area contributed by atoms with E-state index in [4.69, 9.17) is 4.74 Å². The zero-order chi connectivity index (χ0) is 11.0. The van der Waals surface area contributed by atoms with Crippen LogP contribution in [0.1, 0.15) is 66.2 Å². The second kappa shape index (κ2) is 7.65. The zero-order valence-corrected chi connectivity index (χ0v) is 11.5. The Morgan fingerprint density at radius 1 is 1.00 bits per heavy atom. The molecule has 2 unspecified atom stereocenters. The molecule has 2 atom stereocenters. The molecule has 0 spiro atoms. The van der Waals surface area contributed by atoms with Gasteiger partial charge >= 0.3 is 0 Å². The summed E-state index contributed by atoms with van der Waals surface area (Å²) in [4.78, 5) is 0. The van der Waals surface area contributed by atoms with E-state index in [2.05, 4.69) is 36.9 Å². The maximum Gasteiger partial charge on any atom is 0.0690 e. The van der Waals surface area contributed by atoms with E-state index in [1.807, 2.05) is 0 Å². The molecule has 14 heavy (non-hydrogen) atoms. The summed E-state index contributed by atoms with van der Waals surface area (Å²) >= 11 is 0. The second-order valence-corrected chi connectivity index (χ2v) is 5.19. The smallest absolute Gasteiger partial charge is 0.0690 e. The van der Waals surface area contributed by atoms with Gasteiger partial charge in [-0.25, -0.2) is 0 Å². The fraction of sp³-hybridized carbons (Fsp3) is 1.00. The third-order valence-corrected chi connectivity index (χ3v) is 2.69. The van der Waals surface area contributed by atoms with Crippen molar-refractivity contribution in [3.05, 3.63) is 0 Å². The van der Waals surface area contributed by atoms with Crippen LogP contribution in [0, 0.1) is 0 Å². The number of hydrogen-bond donors (Lipinski definition) is 0. The van der Waals surface area contributed by atoms with Gasteiger partial charge in [0.05, 0.1) is 11.4 Å². The van der Waals surface area contributed by atoms with Crippen LogP contribution in [0.15, 0.2) is 0 Å². The Bertz CT molecular complexity index is 117. The number of ether oxygens (including phenoxy) is 1. The molecule has 0 aromatic rings. The summed E-state index contributed by atoms with van der Waals surface area (Å²) in [6, 6.07) is 0. The van der Waals surface area contributed by atoms with Gasteiger partial charge in [0.1, 0.15) is 0 Å². The van der Waals surface area contributed by atoms with Gasteiger partial charge in [0.25, 0.3) is 0 Å². The van der Waals surface area contributed by atoms with Crippen molar-refractivity contribution in [3.8, 4) is 0 Å². The Morgan fingerprint density at radius 2 is 1.36 bits per heavy atom. The minimum absolute atomic E-state index is 0.152. The normalized spacial score (nSPS) is 14.4. The van der Waals surface area contributed by atoms with E-state index < -0.39 is 0 Å². The van der Waals surface area contributed by atoms with Gasteiger partial charge in [-0.1, -0.05) is 40.0 Å². The van der Waals surface area contributed by atoms with E-state index in [0.29, 0.717) is 0 Å². The van der Waals surface area contributed by atoms with Crippen LogP contribution in [-0.4, -0.2) is 11.4 Å². The molecule has 2 heteroatoms. The molecule has 0 amide bonds. The van der Waals surface area contributed by atoms with Crippen molar-refractivity contribution in [1.82, 2.24) is 0 Å². The van der Waals surface area contributed by atoms with E-state index in [1.54, 1.807) is 0 Å². The van der Waals surface area contributed by atoms with Gasteiger partial charge in [0, 0.05) is 0 Å². The maximum absolute atomic E-state index is 6.12. The van der Waals surface area contributed by atoms with Crippen molar-refractivity contribution in [1.29, 1.82) is 0 Å². The third kappa shape index (κ3) is 5.32. The van der Waals surface area contributed by atoms with Gasteiger partial charge in [-0.3, -0.25) is 0 Å². The van der Waals surface area contributed by atoms with Gasteiger partial charge in [0.2, 0.25) is 0 Å². The molecule has 0 aliphatic rings. The topological polar surface area (TPSA) is 9.23 Å². The van der Waals surface area contributed by atoms with E-state index >= 15 is 0 Å². The van der Waals surface area contributed by atoms with E-state index in [9.17, 15) is 0 Å². The van der Waals surface area contributed by atoms with Crippen LogP contribution in [-0.2, 0) is 4.74 Å². The highest BCUT2D eigenvalue weighted by atomic mass is 31.0. The molecule has 0 heterocycles. The lowest BCUT2D eigenvalue weighted by Gasteiger charge is -2.35. The molecule has 0 saturated carbocycles. The monoisotopic (exact) mass is 218 g/mol. The molecular formula is C12H27OP. The van der Waals surface area contributed by atoms with Crippen LogP contribution in [0.25, 0.3) is 0 Å². The van der Waals surface area contributed by atoms with Crippen molar-refractivity contribution in [2.75, 3.05) is 0 Å². The molecule has 0 saturated heterocycles. The molecule has 0 rings (SSSR count). The number of hydrogen-bond acceptors (Lipinski definition) is 1. The molecule has 0 N–H and O–H groups in total. The molecule has 0 fully saturated rings. The molecule has 0 aromatic carbocycles. The summed E-state index contributed by atoms with van der Waals surface area (Å²) in [6.45, 7) is 8.85. The van der Waals surface area contributed by atoms with Gasteiger partial charge < -0.3 is 4.74 Å².